The maximum absolute atomic E-state index is 11.3. The SMILES string of the molecule is C[C@H](O)c1ccc(N2CCc3sccc3C2)c([N+](=O)[O-])c1. The average molecular weight is 304 g/mol. The van der Waals surface area contributed by atoms with Gasteiger partial charge in [-0.3, -0.25) is 10.1 Å². The molecule has 3 rings (SSSR count). The minimum Gasteiger partial charge on any atom is -0.389 e. The van der Waals surface area contributed by atoms with Crippen LogP contribution < -0.4 is 4.90 Å². The second-order valence-electron chi connectivity index (χ2n) is 5.22. The Bertz CT molecular complexity index is 681. The fourth-order valence-electron chi connectivity index (χ4n) is 2.67. The molecule has 6 heteroatoms. The van der Waals surface area contributed by atoms with Gasteiger partial charge in [0.1, 0.15) is 5.69 Å². The third kappa shape index (κ3) is 2.64. The van der Waals surface area contributed by atoms with Crippen LogP contribution in [0.15, 0.2) is 29.6 Å². The van der Waals surface area contributed by atoms with Crippen molar-refractivity contribution in [3.8, 4) is 0 Å². The molecule has 2 aromatic rings. The quantitative estimate of drug-likeness (QED) is 0.698. The van der Waals surface area contributed by atoms with Gasteiger partial charge < -0.3 is 10.0 Å². The Hall–Kier alpha value is -1.92. The summed E-state index contributed by atoms with van der Waals surface area (Å²) in [5.74, 6) is 0. The Morgan fingerprint density at radius 3 is 2.95 bits per heavy atom. The molecule has 0 unspecified atom stereocenters. The zero-order valence-electron chi connectivity index (χ0n) is 11.7. The van der Waals surface area contributed by atoms with Gasteiger partial charge in [-0.25, -0.2) is 0 Å². The van der Waals surface area contributed by atoms with Crippen molar-refractivity contribution in [2.45, 2.75) is 26.0 Å². The van der Waals surface area contributed by atoms with E-state index in [1.165, 1.54) is 16.5 Å². The monoisotopic (exact) mass is 304 g/mol. The number of hydrogen-bond acceptors (Lipinski definition) is 5. The molecule has 1 aliphatic heterocycles. The van der Waals surface area contributed by atoms with Crippen molar-refractivity contribution in [1.82, 2.24) is 0 Å². The molecule has 110 valence electrons. The van der Waals surface area contributed by atoms with Gasteiger partial charge in [0.05, 0.1) is 11.0 Å². The molecule has 0 aliphatic carbocycles. The fourth-order valence-corrected chi connectivity index (χ4v) is 3.56. The number of nitro benzene ring substituents is 1. The lowest BCUT2D eigenvalue weighted by molar-refractivity contribution is -0.384. The van der Waals surface area contributed by atoms with Crippen LogP contribution >= 0.6 is 11.3 Å². The molecule has 0 saturated heterocycles. The van der Waals surface area contributed by atoms with Crippen LogP contribution in [0, 0.1) is 10.1 Å². The number of anilines is 1. The molecule has 1 aromatic heterocycles. The number of fused-ring (bicyclic) bond motifs is 1. The molecule has 0 amide bonds. The zero-order valence-corrected chi connectivity index (χ0v) is 12.5. The molecule has 5 nitrogen and oxygen atoms in total. The Morgan fingerprint density at radius 1 is 1.43 bits per heavy atom. The van der Waals surface area contributed by atoms with E-state index in [1.807, 2.05) is 4.90 Å². The van der Waals surface area contributed by atoms with Crippen molar-refractivity contribution in [3.05, 3.63) is 55.8 Å². The first-order valence-corrected chi connectivity index (χ1v) is 7.71. The highest BCUT2D eigenvalue weighted by Gasteiger charge is 2.24. The van der Waals surface area contributed by atoms with Crippen LogP contribution in [-0.2, 0) is 13.0 Å². The number of benzene rings is 1. The predicted octanol–water partition coefficient (Wildman–Crippen LogP) is 3.27. The van der Waals surface area contributed by atoms with Crippen LogP contribution in [0.4, 0.5) is 11.4 Å². The molecular formula is C15H16N2O3S. The highest BCUT2D eigenvalue weighted by Crippen LogP contribution is 2.35. The van der Waals surface area contributed by atoms with Crippen LogP contribution in [0.2, 0.25) is 0 Å². The van der Waals surface area contributed by atoms with Crippen LogP contribution in [-0.4, -0.2) is 16.6 Å². The number of aliphatic hydroxyl groups excluding tert-OH is 1. The van der Waals surface area contributed by atoms with E-state index in [1.54, 1.807) is 30.4 Å². The van der Waals surface area contributed by atoms with Crippen molar-refractivity contribution in [3.63, 3.8) is 0 Å². The minimum absolute atomic E-state index is 0.0621. The van der Waals surface area contributed by atoms with Gasteiger partial charge in [-0.15, -0.1) is 11.3 Å². The molecule has 1 atom stereocenters. The third-order valence-corrected chi connectivity index (χ3v) is 4.85. The Kier molecular flexibility index (Phi) is 3.65. The summed E-state index contributed by atoms with van der Waals surface area (Å²) < 4.78 is 0. The van der Waals surface area contributed by atoms with Gasteiger partial charge in [0.25, 0.3) is 5.69 Å². The minimum atomic E-state index is -0.706. The van der Waals surface area contributed by atoms with E-state index >= 15 is 0 Å². The first kappa shape index (κ1) is 14.0. The molecule has 1 aliphatic rings. The van der Waals surface area contributed by atoms with Crippen molar-refractivity contribution in [2.75, 3.05) is 11.4 Å². The summed E-state index contributed by atoms with van der Waals surface area (Å²) in [6, 6.07) is 7.07. The van der Waals surface area contributed by atoms with Gasteiger partial charge in [0.2, 0.25) is 0 Å². The summed E-state index contributed by atoms with van der Waals surface area (Å²) in [6.45, 7) is 3.09. The van der Waals surface area contributed by atoms with E-state index in [9.17, 15) is 15.2 Å². The zero-order chi connectivity index (χ0) is 15.0. The van der Waals surface area contributed by atoms with Crippen LogP contribution in [0.25, 0.3) is 0 Å². The smallest absolute Gasteiger partial charge is 0.292 e. The number of rotatable bonds is 3. The van der Waals surface area contributed by atoms with Gasteiger partial charge in [-0.2, -0.15) is 0 Å². The maximum atomic E-state index is 11.3. The van der Waals surface area contributed by atoms with Gasteiger partial charge in [-0.1, -0.05) is 6.07 Å². The average Bonchev–Trinajstić information content (AvgIpc) is 2.93. The lowest BCUT2D eigenvalue weighted by Gasteiger charge is -2.28. The number of nitrogens with zero attached hydrogens (tertiary/aromatic N) is 2. The van der Waals surface area contributed by atoms with E-state index in [-0.39, 0.29) is 10.6 Å². The predicted molar refractivity (Wildman–Crippen MR) is 82.8 cm³/mol. The van der Waals surface area contributed by atoms with Crippen LogP contribution in [0.5, 0.6) is 0 Å². The van der Waals surface area contributed by atoms with Gasteiger partial charge in [0.15, 0.2) is 0 Å². The van der Waals surface area contributed by atoms with E-state index in [4.69, 9.17) is 0 Å². The first-order valence-electron chi connectivity index (χ1n) is 6.83. The van der Waals surface area contributed by atoms with E-state index in [2.05, 4.69) is 11.4 Å². The van der Waals surface area contributed by atoms with Crippen LogP contribution in [0.3, 0.4) is 0 Å². The molecular weight excluding hydrogens is 288 g/mol. The Morgan fingerprint density at radius 2 is 2.24 bits per heavy atom. The van der Waals surface area contributed by atoms with E-state index < -0.39 is 6.10 Å². The second-order valence-corrected chi connectivity index (χ2v) is 6.22. The molecule has 0 radical (unpaired) electrons. The summed E-state index contributed by atoms with van der Waals surface area (Å²) in [6.07, 6.45) is 0.213. The summed E-state index contributed by atoms with van der Waals surface area (Å²) in [5.41, 5.74) is 2.51. The fraction of sp³-hybridized carbons (Fsp3) is 0.333. The second kappa shape index (κ2) is 5.46. The Balaban J connectivity index is 1.97. The summed E-state index contributed by atoms with van der Waals surface area (Å²) in [4.78, 5) is 14.4. The lowest BCUT2D eigenvalue weighted by Crippen LogP contribution is -2.29. The topological polar surface area (TPSA) is 66.6 Å². The standard InChI is InChI=1S/C15H16N2O3S/c1-10(18)11-2-3-13(14(8-11)17(19)20)16-6-4-15-12(9-16)5-7-21-15/h2-3,5,7-8,10,18H,4,6,9H2,1H3/t10-/m0/s1. The molecule has 0 fully saturated rings. The number of nitro groups is 1. The van der Waals surface area contributed by atoms with Crippen molar-refractivity contribution < 1.29 is 10.0 Å². The van der Waals surface area contributed by atoms with Gasteiger partial charge in [0, 0.05) is 24.0 Å². The Labute approximate surface area is 126 Å². The number of aliphatic hydroxyl groups is 1. The molecule has 21 heavy (non-hydrogen) atoms. The van der Waals surface area contributed by atoms with Gasteiger partial charge in [-0.05, 0) is 42.0 Å². The summed E-state index contributed by atoms with van der Waals surface area (Å²) >= 11 is 1.75. The molecule has 0 saturated carbocycles. The van der Waals surface area contributed by atoms with E-state index in [0.29, 0.717) is 17.8 Å². The molecule has 1 aromatic carbocycles. The van der Waals surface area contributed by atoms with Gasteiger partial charge >= 0.3 is 0 Å². The van der Waals surface area contributed by atoms with Crippen molar-refractivity contribution >= 4 is 22.7 Å². The number of thiophene rings is 1. The third-order valence-electron chi connectivity index (χ3n) is 3.83. The summed E-state index contributed by atoms with van der Waals surface area (Å²) in [7, 11) is 0. The summed E-state index contributed by atoms with van der Waals surface area (Å²) in [5, 5.41) is 23.0. The lowest BCUT2D eigenvalue weighted by atomic mass is 10.1. The maximum Gasteiger partial charge on any atom is 0.292 e. The van der Waals surface area contributed by atoms with Crippen molar-refractivity contribution in [2.24, 2.45) is 0 Å². The normalized spacial score (nSPS) is 15.6. The first-order chi connectivity index (χ1) is 10.1. The molecule has 0 bridgehead atoms. The van der Waals surface area contributed by atoms with E-state index in [0.717, 1.165) is 13.0 Å². The number of hydrogen-bond donors (Lipinski definition) is 1. The largest absolute Gasteiger partial charge is 0.389 e. The highest BCUT2D eigenvalue weighted by molar-refractivity contribution is 7.10. The molecule has 1 N–H and O–H groups in total. The van der Waals surface area contributed by atoms with Crippen LogP contribution in [0.1, 0.15) is 29.0 Å². The molecule has 2 heterocycles. The highest BCUT2D eigenvalue weighted by atomic mass is 32.1. The molecule has 0 spiro atoms. The van der Waals surface area contributed by atoms with Crippen molar-refractivity contribution in [1.29, 1.82) is 0 Å².